The van der Waals surface area contributed by atoms with Gasteiger partial charge in [0.15, 0.2) is 5.58 Å². The molecule has 2 aromatic carbocycles. The molecule has 3 heterocycles. The van der Waals surface area contributed by atoms with Crippen LogP contribution in [0.1, 0.15) is 32.3 Å². The number of carbonyl (C=O) groups excluding carboxylic acids is 1. The van der Waals surface area contributed by atoms with Gasteiger partial charge in [0.05, 0.1) is 12.1 Å². The lowest BCUT2D eigenvalue weighted by molar-refractivity contribution is -0.137. The third-order valence-corrected chi connectivity index (χ3v) is 7.70. The zero-order valence-electron chi connectivity index (χ0n) is 20.2. The summed E-state index contributed by atoms with van der Waals surface area (Å²) in [6.45, 7) is 8.34. The van der Waals surface area contributed by atoms with E-state index in [1.165, 1.54) is 17.7 Å². The van der Waals surface area contributed by atoms with Crippen LogP contribution in [-0.2, 0) is 11.3 Å². The molecule has 2 atom stereocenters. The molecule has 2 saturated heterocycles. The van der Waals surface area contributed by atoms with Crippen LogP contribution in [0, 0.1) is 11.2 Å². The summed E-state index contributed by atoms with van der Waals surface area (Å²) in [5.74, 6) is -0.349. The zero-order chi connectivity index (χ0) is 24.2. The van der Waals surface area contributed by atoms with Crippen molar-refractivity contribution in [2.45, 2.75) is 51.4 Å². The topological polar surface area (TPSA) is 62.1 Å². The standard InChI is InChI=1S/C27H31FN4O3/c1-18-13-31(25-29-23-9-8-21(28)10-24(23)35-25)14-19(2)32(18)26(33)34-22-11-27(12-22)16-30(17-27)15-20-6-4-3-5-7-20/h3-10,18-19,22H,11-17H2,1-2H3/t18-,19-/m1/s1. The Kier molecular flexibility index (Phi) is 5.44. The molecule has 1 aromatic heterocycles. The van der Waals surface area contributed by atoms with Crippen LogP contribution in [0.15, 0.2) is 52.9 Å². The molecule has 0 bridgehead atoms. The van der Waals surface area contributed by atoms with Crippen molar-refractivity contribution in [1.82, 2.24) is 14.8 Å². The minimum absolute atomic E-state index is 0.00532. The van der Waals surface area contributed by atoms with Crippen LogP contribution in [0.5, 0.6) is 0 Å². The van der Waals surface area contributed by atoms with E-state index in [1.54, 1.807) is 6.07 Å². The molecular weight excluding hydrogens is 447 g/mol. The molecule has 3 aliphatic rings. The van der Waals surface area contributed by atoms with Crippen LogP contribution in [0.4, 0.5) is 15.2 Å². The highest BCUT2D eigenvalue weighted by Gasteiger charge is 2.54. The predicted molar refractivity (Wildman–Crippen MR) is 131 cm³/mol. The Morgan fingerprint density at radius 3 is 2.54 bits per heavy atom. The molecular formula is C27H31FN4O3. The van der Waals surface area contributed by atoms with E-state index in [4.69, 9.17) is 9.15 Å². The molecule has 2 aliphatic heterocycles. The van der Waals surface area contributed by atoms with Crippen molar-refractivity contribution in [3.63, 3.8) is 0 Å². The van der Waals surface area contributed by atoms with Crippen molar-refractivity contribution < 1.29 is 18.3 Å². The maximum Gasteiger partial charge on any atom is 0.410 e. The largest absolute Gasteiger partial charge is 0.446 e. The number of rotatable bonds is 4. The van der Waals surface area contributed by atoms with Crippen LogP contribution >= 0.6 is 0 Å². The summed E-state index contributed by atoms with van der Waals surface area (Å²) in [6, 6.07) is 15.2. The third kappa shape index (κ3) is 4.24. The average Bonchev–Trinajstić information content (AvgIpc) is 3.19. The number of carbonyl (C=O) groups is 1. The fourth-order valence-electron chi connectivity index (χ4n) is 6.17. The van der Waals surface area contributed by atoms with Crippen LogP contribution in [0.3, 0.4) is 0 Å². The molecule has 6 rings (SSSR count). The van der Waals surface area contributed by atoms with Crippen LogP contribution < -0.4 is 4.90 Å². The number of piperazine rings is 1. The molecule has 7 nitrogen and oxygen atoms in total. The van der Waals surface area contributed by atoms with Crippen LogP contribution in [-0.4, -0.2) is 65.2 Å². The molecule has 0 radical (unpaired) electrons. The second-order valence-corrected chi connectivity index (χ2v) is 10.7. The van der Waals surface area contributed by atoms with Gasteiger partial charge in [-0.15, -0.1) is 0 Å². The minimum atomic E-state index is -0.349. The monoisotopic (exact) mass is 478 g/mol. The fourth-order valence-corrected chi connectivity index (χ4v) is 6.17. The molecule has 1 amide bonds. The van der Waals surface area contributed by atoms with Gasteiger partial charge in [0.2, 0.25) is 0 Å². The number of halogens is 1. The predicted octanol–water partition coefficient (Wildman–Crippen LogP) is 4.67. The van der Waals surface area contributed by atoms with E-state index < -0.39 is 0 Å². The molecule has 3 aromatic rings. The molecule has 1 spiro atoms. The Morgan fingerprint density at radius 2 is 1.83 bits per heavy atom. The first-order chi connectivity index (χ1) is 16.9. The SMILES string of the molecule is C[C@@H]1CN(c2nc3ccc(F)cc3o2)C[C@@H](C)N1C(=O)OC1CC2(C1)CN(Cc1ccccc1)C2. The Hall–Kier alpha value is -3.13. The van der Waals surface area contributed by atoms with Gasteiger partial charge in [-0.25, -0.2) is 9.18 Å². The maximum absolute atomic E-state index is 13.5. The molecule has 8 heteroatoms. The number of hydrogen-bond acceptors (Lipinski definition) is 6. The van der Waals surface area contributed by atoms with Crippen molar-refractivity contribution >= 4 is 23.2 Å². The number of likely N-dealkylation sites (tertiary alicyclic amines) is 1. The lowest BCUT2D eigenvalue weighted by Crippen LogP contribution is -2.65. The highest BCUT2D eigenvalue weighted by molar-refractivity contribution is 5.74. The van der Waals surface area contributed by atoms with E-state index in [2.05, 4.69) is 34.1 Å². The first-order valence-corrected chi connectivity index (χ1v) is 12.4. The summed E-state index contributed by atoms with van der Waals surface area (Å²) in [6.07, 6.45) is 1.67. The average molecular weight is 479 g/mol. The van der Waals surface area contributed by atoms with E-state index in [9.17, 15) is 9.18 Å². The van der Waals surface area contributed by atoms with Gasteiger partial charge in [-0.3, -0.25) is 9.80 Å². The lowest BCUT2D eigenvalue weighted by atomic mass is 9.61. The smallest absolute Gasteiger partial charge is 0.410 e. The highest BCUT2D eigenvalue weighted by atomic mass is 19.1. The summed E-state index contributed by atoms with van der Waals surface area (Å²) in [5.41, 5.74) is 2.72. The number of aromatic nitrogens is 1. The summed E-state index contributed by atoms with van der Waals surface area (Å²) in [4.78, 5) is 23.9. The fraction of sp³-hybridized carbons (Fsp3) is 0.481. The van der Waals surface area contributed by atoms with Gasteiger partial charge in [0.25, 0.3) is 6.01 Å². The van der Waals surface area contributed by atoms with E-state index in [0.29, 0.717) is 35.6 Å². The molecule has 1 aliphatic carbocycles. The quantitative estimate of drug-likeness (QED) is 0.543. The number of fused-ring (bicyclic) bond motifs is 1. The maximum atomic E-state index is 13.5. The van der Waals surface area contributed by atoms with Gasteiger partial charge in [-0.05, 0) is 44.4 Å². The van der Waals surface area contributed by atoms with Crippen LogP contribution in [0.2, 0.25) is 0 Å². The zero-order valence-corrected chi connectivity index (χ0v) is 20.2. The summed E-state index contributed by atoms with van der Waals surface area (Å²) < 4.78 is 25.2. The van der Waals surface area contributed by atoms with Gasteiger partial charge >= 0.3 is 6.09 Å². The second-order valence-electron chi connectivity index (χ2n) is 10.7. The lowest BCUT2D eigenvalue weighted by Gasteiger charge is -2.58. The van der Waals surface area contributed by atoms with Crippen molar-refractivity contribution in [3.8, 4) is 0 Å². The molecule has 0 unspecified atom stereocenters. The number of amides is 1. The molecule has 184 valence electrons. The van der Waals surface area contributed by atoms with Crippen molar-refractivity contribution in [1.29, 1.82) is 0 Å². The van der Waals surface area contributed by atoms with Crippen molar-refractivity contribution in [2.75, 3.05) is 31.1 Å². The van der Waals surface area contributed by atoms with E-state index in [-0.39, 0.29) is 30.1 Å². The van der Waals surface area contributed by atoms with Gasteiger partial charge in [0, 0.05) is 44.2 Å². The summed E-state index contributed by atoms with van der Waals surface area (Å²) >= 11 is 0. The number of benzene rings is 2. The van der Waals surface area contributed by atoms with E-state index in [1.807, 2.05) is 29.7 Å². The Morgan fingerprint density at radius 1 is 1.11 bits per heavy atom. The molecule has 0 N–H and O–H groups in total. The normalized spacial score (nSPS) is 24.4. The van der Waals surface area contributed by atoms with Gasteiger partial charge < -0.3 is 14.1 Å². The van der Waals surface area contributed by atoms with Crippen molar-refractivity contribution in [2.24, 2.45) is 5.41 Å². The van der Waals surface area contributed by atoms with E-state index >= 15 is 0 Å². The van der Waals surface area contributed by atoms with Gasteiger partial charge in [-0.2, -0.15) is 4.98 Å². The van der Waals surface area contributed by atoms with Crippen molar-refractivity contribution in [3.05, 3.63) is 59.9 Å². The Balaban J connectivity index is 1.00. The Bertz CT molecular complexity index is 1210. The second kappa shape index (κ2) is 8.52. The Labute approximate surface area is 204 Å². The van der Waals surface area contributed by atoms with Gasteiger partial charge in [-0.1, -0.05) is 30.3 Å². The van der Waals surface area contributed by atoms with Gasteiger partial charge in [0.1, 0.15) is 17.4 Å². The first-order valence-electron chi connectivity index (χ1n) is 12.4. The van der Waals surface area contributed by atoms with Crippen LogP contribution in [0.25, 0.3) is 11.1 Å². The number of oxazole rings is 1. The highest BCUT2D eigenvalue weighted by Crippen LogP contribution is 2.50. The summed E-state index contributed by atoms with van der Waals surface area (Å²) in [7, 11) is 0. The number of nitrogens with zero attached hydrogens (tertiary/aromatic N) is 4. The molecule has 35 heavy (non-hydrogen) atoms. The molecule has 1 saturated carbocycles. The number of ether oxygens (including phenoxy) is 1. The minimum Gasteiger partial charge on any atom is -0.446 e. The third-order valence-electron chi connectivity index (χ3n) is 7.70. The first kappa shape index (κ1) is 22.3. The molecule has 3 fully saturated rings. The number of hydrogen-bond donors (Lipinski definition) is 0. The summed E-state index contributed by atoms with van der Waals surface area (Å²) in [5, 5.41) is 0. The van der Waals surface area contributed by atoms with E-state index in [0.717, 1.165) is 32.5 Å². The number of anilines is 1.